The Bertz CT molecular complexity index is 644. The molecule has 1 amide bonds. The summed E-state index contributed by atoms with van der Waals surface area (Å²) >= 11 is 0. The van der Waals surface area contributed by atoms with Crippen LogP contribution in [0.15, 0.2) is 47.4 Å². The smallest absolute Gasteiger partial charge is 0.257 e. The lowest BCUT2D eigenvalue weighted by molar-refractivity contribution is 0.102. The minimum Gasteiger partial charge on any atom is -0.497 e. The van der Waals surface area contributed by atoms with Crippen molar-refractivity contribution >= 4 is 11.6 Å². The number of anilines is 1. The minimum absolute atomic E-state index is 0.152. The van der Waals surface area contributed by atoms with E-state index in [-0.39, 0.29) is 11.5 Å². The molecule has 2 aromatic rings. The Hall–Kier alpha value is -2.56. The topological polar surface area (TPSA) is 60.3 Å². The molecule has 1 aromatic heterocycles. The molecule has 0 spiro atoms. The van der Waals surface area contributed by atoms with E-state index in [1.54, 1.807) is 38.4 Å². The number of carbonyl (C=O) groups is 1. The summed E-state index contributed by atoms with van der Waals surface area (Å²) in [5.41, 5.74) is 0.943. The molecule has 0 radical (unpaired) electrons. The largest absolute Gasteiger partial charge is 0.497 e. The fourth-order valence-corrected chi connectivity index (χ4v) is 1.61. The molecule has 0 fully saturated rings. The molecule has 98 valence electrons. The number of pyridine rings is 1. The summed E-state index contributed by atoms with van der Waals surface area (Å²) < 4.78 is 6.40. The monoisotopic (exact) mass is 258 g/mol. The molecule has 0 aliphatic rings. The first-order valence-corrected chi connectivity index (χ1v) is 5.72. The van der Waals surface area contributed by atoms with Gasteiger partial charge in [-0.15, -0.1) is 0 Å². The zero-order chi connectivity index (χ0) is 13.8. The molecule has 0 unspecified atom stereocenters. The van der Waals surface area contributed by atoms with Crippen molar-refractivity contribution in [2.75, 3.05) is 12.4 Å². The summed E-state index contributed by atoms with van der Waals surface area (Å²) in [4.78, 5) is 23.2. The van der Waals surface area contributed by atoms with Crippen molar-refractivity contribution in [3.05, 3.63) is 58.5 Å². The fourth-order valence-electron chi connectivity index (χ4n) is 1.61. The minimum atomic E-state index is -0.263. The van der Waals surface area contributed by atoms with Crippen LogP contribution in [0.25, 0.3) is 0 Å². The van der Waals surface area contributed by atoms with E-state index in [1.807, 2.05) is 0 Å². The van der Waals surface area contributed by atoms with Gasteiger partial charge < -0.3 is 14.6 Å². The van der Waals surface area contributed by atoms with Crippen LogP contribution in [-0.4, -0.2) is 17.6 Å². The number of aryl methyl sites for hydroxylation is 1. The lowest BCUT2D eigenvalue weighted by atomic mass is 10.2. The number of ether oxygens (including phenoxy) is 1. The molecule has 2 rings (SSSR count). The maximum absolute atomic E-state index is 12.0. The third-order valence-corrected chi connectivity index (χ3v) is 2.70. The Morgan fingerprint density at radius 1 is 1.16 bits per heavy atom. The van der Waals surface area contributed by atoms with Crippen LogP contribution in [0.4, 0.5) is 5.69 Å². The number of hydrogen-bond acceptors (Lipinski definition) is 3. The molecule has 1 aromatic carbocycles. The molecule has 0 saturated heterocycles. The quantitative estimate of drug-likeness (QED) is 0.910. The highest BCUT2D eigenvalue weighted by molar-refractivity contribution is 6.04. The third-order valence-electron chi connectivity index (χ3n) is 2.70. The van der Waals surface area contributed by atoms with Crippen molar-refractivity contribution in [3.8, 4) is 5.75 Å². The van der Waals surface area contributed by atoms with Gasteiger partial charge in [-0.2, -0.15) is 0 Å². The Balaban J connectivity index is 2.15. The standard InChI is InChI=1S/C14H14N2O3/c1-16-9-10(3-8-13(16)17)14(18)15-11-4-6-12(19-2)7-5-11/h3-9H,1-2H3,(H,15,18). The van der Waals surface area contributed by atoms with Crippen molar-refractivity contribution < 1.29 is 9.53 Å². The average molecular weight is 258 g/mol. The van der Waals surface area contributed by atoms with Crippen LogP contribution in [0.3, 0.4) is 0 Å². The van der Waals surface area contributed by atoms with E-state index >= 15 is 0 Å². The lowest BCUT2D eigenvalue weighted by Gasteiger charge is -2.07. The zero-order valence-electron chi connectivity index (χ0n) is 10.7. The van der Waals surface area contributed by atoms with Gasteiger partial charge in [0.15, 0.2) is 0 Å². The van der Waals surface area contributed by atoms with Crippen molar-refractivity contribution in [2.24, 2.45) is 7.05 Å². The van der Waals surface area contributed by atoms with Crippen LogP contribution in [0.5, 0.6) is 5.75 Å². The van der Waals surface area contributed by atoms with Crippen LogP contribution in [0.2, 0.25) is 0 Å². The second kappa shape index (κ2) is 5.39. The van der Waals surface area contributed by atoms with Crippen LogP contribution in [0.1, 0.15) is 10.4 Å². The molecular weight excluding hydrogens is 244 g/mol. The van der Waals surface area contributed by atoms with Crippen molar-refractivity contribution in [3.63, 3.8) is 0 Å². The van der Waals surface area contributed by atoms with E-state index < -0.39 is 0 Å². The van der Waals surface area contributed by atoms with Gasteiger partial charge >= 0.3 is 0 Å². The number of nitrogens with zero attached hydrogens (tertiary/aromatic N) is 1. The number of carbonyl (C=O) groups excluding carboxylic acids is 1. The Labute approximate surface area is 110 Å². The summed E-state index contributed by atoms with van der Waals surface area (Å²) in [7, 11) is 3.19. The van der Waals surface area contributed by atoms with Crippen LogP contribution in [0, 0.1) is 0 Å². The highest BCUT2D eigenvalue weighted by Gasteiger charge is 2.07. The summed E-state index contributed by atoms with van der Waals surface area (Å²) in [6.45, 7) is 0. The molecule has 0 saturated carbocycles. The SMILES string of the molecule is COc1ccc(NC(=O)c2ccc(=O)n(C)c2)cc1. The first kappa shape index (κ1) is 12.9. The van der Waals surface area contributed by atoms with Gasteiger partial charge in [0, 0.05) is 25.0 Å². The van der Waals surface area contributed by atoms with E-state index in [1.165, 1.54) is 22.9 Å². The van der Waals surface area contributed by atoms with Gasteiger partial charge in [0.25, 0.3) is 5.91 Å². The Morgan fingerprint density at radius 3 is 2.42 bits per heavy atom. The van der Waals surface area contributed by atoms with Crippen molar-refractivity contribution in [1.29, 1.82) is 0 Å². The van der Waals surface area contributed by atoms with Gasteiger partial charge in [-0.1, -0.05) is 0 Å². The van der Waals surface area contributed by atoms with Gasteiger partial charge in [-0.05, 0) is 30.3 Å². The number of hydrogen-bond donors (Lipinski definition) is 1. The first-order valence-electron chi connectivity index (χ1n) is 5.72. The van der Waals surface area contributed by atoms with E-state index in [0.717, 1.165) is 5.75 Å². The zero-order valence-corrected chi connectivity index (χ0v) is 10.7. The molecule has 0 aliphatic carbocycles. The molecule has 1 N–H and O–H groups in total. The predicted octanol–water partition coefficient (Wildman–Crippen LogP) is 1.65. The second-order valence-corrected chi connectivity index (χ2v) is 4.05. The average Bonchev–Trinajstić information content (AvgIpc) is 2.42. The molecule has 1 heterocycles. The maximum atomic E-state index is 12.0. The predicted molar refractivity (Wildman–Crippen MR) is 72.6 cm³/mol. The molecule has 5 heteroatoms. The number of nitrogens with one attached hydrogen (secondary N) is 1. The summed E-state index contributed by atoms with van der Waals surface area (Å²) in [5, 5.41) is 2.75. The van der Waals surface area contributed by atoms with Gasteiger partial charge in [0.05, 0.1) is 12.7 Å². The number of aromatic nitrogens is 1. The fraction of sp³-hybridized carbons (Fsp3) is 0.143. The van der Waals surface area contributed by atoms with Gasteiger partial charge in [-0.3, -0.25) is 9.59 Å². The van der Waals surface area contributed by atoms with E-state index in [0.29, 0.717) is 11.3 Å². The molecule has 5 nitrogen and oxygen atoms in total. The van der Waals surface area contributed by atoms with Crippen LogP contribution >= 0.6 is 0 Å². The van der Waals surface area contributed by atoms with Crippen LogP contribution in [-0.2, 0) is 7.05 Å². The second-order valence-electron chi connectivity index (χ2n) is 4.05. The van der Waals surface area contributed by atoms with Crippen LogP contribution < -0.4 is 15.6 Å². The summed E-state index contributed by atoms with van der Waals surface area (Å²) in [6.07, 6.45) is 1.50. The third kappa shape index (κ3) is 3.01. The van der Waals surface area contributed by atoms with E-state index in [2.05, 4.69) is 5.32 Å². The van der Waals surface area contributed by atoms with Crippen molar-refractivity contribution in [2.45, 2.75) is 0 Å². The van der Waals surface area contributed by atoms with E-state index in [4.69, 9.17) is 4.74 Å². The highest BCUT2D eigenvalue weighted by Crippen LogP contribution is 2.15. The molecule has 0 aliphatic heterocycles. The highest BCUT2D eigenvalue weighted by atomic mass is 16.5. The maximum Gasteiger partial charge on any atom is 0.257 e. The summed E-state index contributed by atoms with van der Waals surface area (Å²) in [6, 6.07) is 9.88. The number of benzene rings is 1. The molecule has 0 bridgehead atoms. The summed E-state index contributed by atoms with van der Waals surface area (Å²) in [5.74, 6) is 0.459. The normalized spacial score (nSPS) is 10.0. The number of methoxy groups -OCH3 is 1. The van der Waals surface area contributed by atoms with Gasteiger partial charge in [0.2, 0.25) is 5.56 Å². The number of rotatable bonds is 3. The molecule has 19 heavy (non-hydrogen) atoms. The van der Waals surface area contributed by atoms with Gasteiger partial charge in [0.1, 0.15) is 5.75 Å². The molecule has 0 atom stereocenters. The first-order chi connectivity index (χ1) is 9.10. The molecular formula is C14H14N2O3. The number of amides is 1. The lowest BCUT2D eigenvalue weighted by Crippen LogP contribution is -2.19. The Morgan fingerprint density at radius 2 is 1.84 bits per heavy atom. The van der Waals surface area contributed by atoms with Gasteiger partial charge in [-0.25, -0.2) is 0 Å². The van der Waals surface area contributed by atoms with E-state index in [9.17, 15) is 9.59 Å². The van der Waals surface area contributed by atoms with Crippen molar-refractivity contribution in [1.82, 2.24) is 4.57 Å². The Kier molecular flexibility index (Phi) is 3.66.